The number of ether oxygens (including phenoxy) is 1. The third-order valence-corrected chi connectivity index (χ3v) is 3.77. The van der Waals surface area contributed by atoms with Crippen LogP contribution in [0.3, 0.4) is 0 Å². The molecule has 2 atom stereocenters. The molecule has 0 spiro atoms. The summed E-state index contributed by atoms with van der Waals surface area (Å²) in [6.45, 7) is 7.37. The standard InChI is InChI=1S/C15H25N3O/c1-4-13-14(16-5-2)17-10-18-15(13)19-12-8-6-7-11(3)9-12/h10-12H,4-9H2,1-3H3,(H,16,17,18). The van der Waals surface area contributed by atoms with Crippen LogP contribution in [0.15, 0.2) is 6.33 Å². The van der Waals surface area contributed by atoms with Gasteiger partial charge in [0.15, 0.2) is 0 Å². The number of nitrogens with one attached hydrogen (secondary N) is 1. The van der Waals surface area contributed by atoms with Gasteiger partial charge < -0.3 is 10.1 Å². The quantitative estimate of drug-likeness (QED) is 0.884. The topological polar surface area (TPSA) is 47.0 Å². The van der Waals surface area contributed by atoms with E-state index in [4.69, 9.17) is 4.74 Å². The molecule has 1 heterocycles. The maximum Gasteiger partial charge on any atom is 0.222 e. The average molecular weight is 263 g/mol. The van der Waals surface area contributed by atoms with Crippen molar-refractivity contribution >= 4 is 5.82 Å². The number of hydrogen-bond acceptors (Lipinski definition) is 4. The Morgan fingerprint density at radius 3 is 2.84 bits per heavy atom. The molecule has 2 rings (SSSR count). The molecule has 4 heteroatoms. The highest BCUT2D eigenvalue weighted by molar-refractivity contribution is 5.48. The lowest BCUT2D eigenvalue weighted by atomic mass is 9.89. The molecule has 2 unspecified atom stereocenters. The highest BCUT2D eigenvalue weighted by Crippen LogP contribution is 2.29. The van der Waals surface area contributed by atoms with Gasteiger partial charge in [0.25, 0.3) is 0 Å². The van der Waals surface area contributed by atoms with E-state index >= 15 is 0 Å². The average Bonchev–Trinajstić information content (AvgIpc) is 2.39. The van der Waals surface area contributed by atoms with E-state index in [1.54, 1.807) is 6.33 Å². The van der Waals surface area contributed by atoms with E-state index < -0.39 is 0 Å². The Balaban J connectivity index is 2.12. The summed E-state index contributed by atoms with van der Waals surface area (Å²) < 4.78 is 6.14. The second kappa shape index (κ2) is 6.73. The van der Waals surface area contributed by atoms with E-state index in [0.29, 0.717) is 6.10 Å². The summed E-state index contributed by atoms with van der Waals surface area (Å²) in [7, 11) is 0. The molecule has 4 nitrogen and oxygen atoms in total. The van der Waals surface area contributed by atoms with Crippen LogP contribution in [0.2, 0.25) is 0 Å². The zero-order valence-corrected chi connectivity index (χ0v) is 12.3. The molecule has 1 aromatic rings. The molecule has 1 aliphatic rings. The molecule has 1 aliphatic carbocycles. The molecule has 106 valence electrons. The van der Waals surface area contributed by atoms with Crippen LogP contribution in [0.1, 0.15) is 52.0 Å². The summed E-state index contributed by atoms with van der Waals surface area (Å²) in [5.74, 6) is 2.45. The minimum atomic E-state index is 0.318. The Labute approximate surface area is 116 Å². The van der Waals surface area contributed by atoms with Crippen molar-refractivity contribution in [2.45, 2.75) is 59.0 Å². The van der Waals surface area contributed by atoms with Gasteiger partial charge in [-0.1, -0.05) is 20.3 Å². The summed E-state index contributed by atoms with van der Waals surface area (Å²) in [4.78, 5) is 8.64. The first kappa shape index (κ1) is 14.1. The molecule has 19 heavy (non-hydrogen) atoms. The van der Waals surface area contributed by atoms with Gasteiger partial charge in [-0.15, -0.1) is 0 Å². The van der Waals surface area contributed by atoms with Crippen molar-refractivity contribution < 1.29 is 4.74 Å². The molecule has 1 N–H and O–H groups in total. The van der Waals surface area contributed by atoms with Crippen LogP contribution in [0, 0.1) is 5.92 Å². The van der Waals surface area contributed by atoms with E-state index in [2.05, 4.69) is 36.1 Å². The zero-order chi connectivity index (χ0) is 13.7. The smallest absolute Gasteiger partial charge is 0.222 e. The van der Waals surface area contributed by atoms with Crippen LogP contribution in [-0.4, -0.2) is 22.6 Å². The van der Waals surface area contributed by atoms with Crippen molar-refractivity contribution in [3.05, 3.63) is 11.9 Å². The van der Waals surface area contributed by atoms with Crippen molar-refractivity contribution in [2.24, 2.45) is 5.92 Å². The number of nitrogens with zero attached hydrogens (tertiary/aromatic N) is 2. The minimum Gasteiger partial charge on any atom is -0.474 e. The molecule has 0 aromatic carbocycles. The van der Waals surface area contributed by atoms with E-state index in [-0.39, 0.29) is 0 Å². The Morgan fingerprint density at radius 1 is 1.32 bits per heavy atom. The molecule has 0 saturated heterocycles. The van der Waals surface area contributed by atoms with Crippen LogP contribution >= 0.6 is 0 Å². The summed E-state index contributed by atoms with van der Waals surface area (Å²) in [6, 6.07) is 0. The minimum absolute atomic E-state index is 0.318. The van der Waals surface area contributed by atoms with Gasteiger partial charge in [0.05, 0.1) is 5.56 Å². The van der Waals surface area contributed by atoms with Gasteiger partial charge in [-0.25, -0.2) is 9.97 Å². The number of aromatic nitrogens is 2. The summed E-state index contributed by atoms with van der Waals surface area (Å²) in [6.07, 6.45) is 7.68. The van der Waals surface area contributed by atoms with Crippen molar-refractivity contribution in [2.75, 3.05) is 11.9 Å². The van der Waals surface area contributed by atoms with Crippen LogP contribution in [0.5, 0.6) is 5.88 Å². The van der Waals surface area contributed by atoms with Crippen LogP contribution in [-0.2, 0) is 6.42 Å². The first-order chi connectivity index (χ1) is 9.24. The van der Waals surface area contributed by atoms with Crippen molar-refractivity contribution in [3.63, 3.8) is 0 Å². The second-order valence-electron chi connectivity index (χ2n) is 5.40. The van der Waals surface area contributed by atoms with Crippen molar-refractivity contribution in [3.8, 4) is 5.88 Å². The van der Waals surface area contributed by atoms with E-state index in [1.165, 1.54) is 12.8 Å². The van der Waals surface area contributed by atoms with Gasteiger partial charge in [-0.2, -0.15) is 0 Å². The van der Waals surface area contributed by atoms with Gasteiger partial charge in [-0.3, -0.25) is 0 Å². The predicted molar refractivity (Wildman–Crippen MR) is 77.6 cm³/mol. The van der Waals surface area contributed by atoms with Crippen LogP contribution in [0.4, 0.5) is 5.82 Å². The number of anilines is 1. The van der Waals surface area contributed by atoms with Crippen LogP contribution in [0.25, 0.3) is 0 Å². The van der Waals surface area contributed by atoms with Gasteiger partial charge in [0, 0.05) is 6.54 Å². The lowest BCUT2D eigenvalue weighted by molar-refractivity contribution is 0.122. The third-order valence-electron chi connectivity index (χ3n) is 3.77. The van der Waals surface area contributed by atoms with Gasteiger partial charge >= 0.3 is 0 Å². The predicted octanol–water partition coefficient (Wildman–Crippen LogP) is 3.43. The molecular weight excluding hydrogens is 238 g/mol. The fourth-order valence-electron chi connectivity index (χ4n) is 2.78. The lowest BCUT2D eigenvalue weighted by Crippen LogP contribution is -2.25. The van der Waals surface area contributed by atoms with Gasteiger partial charge in [-0.05, 0) is 38.5 Å². The molecule has 0 bridgehead atoms. The monoisotopic (exact) mass is 263 g/mol. The highest BCUT2D eigenvalue weighted by Gasteiger charge is 2.22. The van der Waals surface area contributed by atoms with E-state index in [1.807, 2.05) is 0 Å². The van der Waals surface area contributed by atoms with Crippen LogP contribution < -0.4 is 10.1 Å². The van der Waals surface area contributed by atoms with E-state index in [9.17, 15) is 0 Å². The van der Waals surface area contributed by atoms with Crippen molar-refractivity contribution in [1.29, 1.82) is 0 Å². The third kappa shape index (κ3) is 3.58. The number of rotatable bonds is 5. The zero-order valence-electron chi connectivity index (χ0n) is 12.3. The SMILES string of the molecule is CCNc1ncnc(OC2CCCC(C)C2)c1CC. The normalized spacial score (nSPS) is 23.1. The summed E-state index contributed by atoms with van der Waals surface area (Å²) in [5.41, 5.74) is 1.10. The summed E-state index contributed by atoms with van der Waals surface area (Å²) in [5, 5.41) is 3.28. The highest BCUT2D eigenvalue weighted by atomic mass is 16.5. The molecule has 1 fully saturated rings. The first-order valence-corrected chi connectivity index (χ1v) is 7.49. The molecular formula is C15H25N3O. The fraction of sp³-hybridized carbons (Fsp3) is 0.733. The fourth-order valence-corrected chi connectivity index (χ4v) is 2.78. The molecule has 0 aliphatic heterocycles. The molecule has 0 radical (unpaired) electrons. The van der Waals surface area contributed by atoms with E-state index in [0.717, 1.165) is 49.0 Å². The molecule has 1 saturated carbocycles. The lowest BCUT2D eigenvalue weighted by Gasteiger charge is -2.27. The largest absolute Gasteiger partial charge is 0.474 e. The molecule has 1 aromatic heterocycles. The molecule has 0 amide bonds. The Bertz CT molecular complexity index is 408. The van der Waals surface area contributed by atoms with Gasteiger partial charge in [0.2, 0.25) is 5.88 Å². The number of hydrogen-bond donors (Lipinski definition) is 1. The van der Waals surface area contributed by atoms with Crippen molar-refractivity contribution in [1.82, 2.24) is 9.97 Å². The second-order valence-corrected chi connectivity index (χ2v) is 5.40. The first-order valence-electron chi connectivity index (χ1n) is 7.49. The maximum atomic E-state index is 6.14. The Kier molecular flexibility index (Phi) is 5.00. The Morgan fingerprint density at radius 2 is 2.16 bits per heavy atom. The maximum absolute atomic E-state index is 6.14. The summed E-state index contributed by atoms with van der Waals surface area (Å²) >= 11 is 0. The van der Waals surface area contributed by atoms with Gasteiger partial charge in [0.1, 0.15) is 18.2 Å². The Hall–Kier alpha value is -1.32.